The van der Waals surface area contributed by atoms with Crippen LogP contribution in [0.1, 0.15) is 41.9 Å². The third-order valence-electron chi connectivity index (χ3n) is 4.01. The van der Waals surface area contributed by atoms with Gasteiger partial charge in [0, 0.05) is 0 Å². The molecule has 0 spiro atoms. The van der Waals surface area contributed by atoms with Gasteiger partial charge in [-0.1, -0.05) is 42.5 Å². The van der Waals surface area contributed by atoms with E-state index in [-0.39, 0.29) is 13.2 Å². The molecule has 0 bridgehead atoms. The van der Waals surface area contributed by atoms with Crippen molar-refractivity contribution in [3.63, 3.8) is 0 Å². The molecule has 0 aliphatic carbocycles. The minimum atomic E-state index is -3.41. The van der Waals surface area contributed by atoms with Crippen LogP contribution in [0.25, 0.3) is 0 Å². The maximum Gasteiger partial charge on any atom is 0.351 e. The Kier molecular flexibility index (Phi) is 7.42. The van der Waals surface area contributed by atoms with E-state index in [1.54, 1.807) is 13.8 Å². The molecular formula is C20H28NO4P. The van der Waals surface area contributed by atoms with Crippen LogP contribution >= 0.6 is 7.60 Å². The largest absolute Gasteiger partial charge is 0.488 e. The van der Waals surface area contributed by atoms with E-state index in [0.29, 0.717) is 6.61 Å². The average molecular weight is 377 g/mol. The van der Waals surface area contributed by atoms with E-state index in [9.17, 15) is 4.57 Å². The molecule has 2 aromatic carbocycles. The minimum absolute atomic E-state index is 0.279. The van der Waals surface area contributed by atoms with Crippen molar-refractivity contribution in [1.29, 1.82) is 0 Å². The van der Waals surface area contributed by atoms with Crippen LogP contribution in [0.4, 0.5) is 0 Å². The first-order chi connectivity index (χ1) is 12.4. The summed E-state index contributed by atoms with van der Waals surface area (Å²) in [4.78, 5) is 0. The Balaban J connectivity index is 2.23. The molecule has 0 unspecified atom stereocenters. The van der Waals surface area contributed by atoms with Gasteiger partial charge in [0.15, 0.2) is 0 Å². The average Bonchev–Trinajstić information content (AvgIpc) is 2.61. The number of ether oxygens (including phenoxy) is 1. The molecule has 0 aromatic heterocycles. The van der Waals surface area contributed by atoms with Crippen molar-refractivity contribution in [2.24, 2.45) is 5.73 Å². The molecule has 2 N–H and O–H groups in total. The molecule has 0 saturated heterocycles. The Labute approximate surface area is 156 Å². The molecule has 0 saturated carbocycles. The van der Waals surface area contributed by atoms with E-state index in [1.807, 2.05) is 56.3 Å². The first-order valence-electron chi connectivity index (χ1n) is 8.83. The standard InChI is InChI=1S/C20H28NO4P/c1-5-24-26(22,25-6-2)20(21)18-12-15(3)19(16(4)13-18)23-14-17-10-8-7-9-11-17/h7-13,20H,5-6,14,21H2,1-4H3/t20-/m1/s1. The predicted octanol–water partition coefficient (Wildman–Crippen LogP) is 5.11. The molecule has 2 rings (SSSR count). The third kappa shape index (κ3) is 4.95. The molecule has 0 amide bonds. The van der Waals surface area contributed by atoms with Crippen molar-refractivity contribution in [1.82, 2.24) is 0 Å². The Bertz CT molecular complexity index is 731. The topological polar surface area (TPSA) is 70.8 Å². The molecular weight excluding hydrogens is 349 g/mol. The summed E-state index contributed by atoms with van der Waals surface area (Å²) in [5.74, 6) is -0.0181. The van der Waals surface area contributed by atoms with E-state index in [2.05, 4.69) is 0 Å². The molecule has 142 valence electrons. The molecule has 1 atom stereocenters. The zero-order chi connectivity index (χ0) is 19.2. The van der Waals surface area contributed by atoms with Gasteiger partial charge in [0.2, 0.25) is 0 Å². The van der Waals surface area contributed by atoms with Gasteiger partial charge < -0.3 is 19.5 Å². The van der Waals surface area contributed by atoms with Gasteiger partial charge in [0.1, 0.15) is 18.1 Å². The highest BCUT2D eigenvalue weighted by molar-refractivity contribution is 7.54. The van der Waals surface area contributed by atoms with Gasteiger partial charge in [0.25, 0.3) is 0 Å². The fourth-order valence-corrected chi connectivity index (χ4v) is 4.48. The van der Waals surface area contributed by atoms with E-state index < -0.39 is 13.4 Å². The second-order valence-corrected chi connectivity index (χ2v) is 8.23. The fourth-order valence-electron chi connectivity index (χ4n) is 2.85. The third-order valence-corrected chi connectivity index (χ3v) is 6.22. The van der Waals surface area contributed by atoms with Crippen molar-refractivity contribution in [3.8, 4) is 5.75 Å². The van der Waals surface area contributed by atoms with Crippen molar-refractivity contribution in [2.75, 3.05) is 13.2 Å². The molecule has 0 aliphatic heterocycles. The highest BCUT2D eigenvalue weighted by Crippen LogP contribution is 2.58. The number of nitrogens with two attached hydrogens (primary N) is 1. The monoisotopic (exact) mass is 377 g/mol. The van der Waals surface area contributed by atoms with Crippen molar-refractivity contribution in [3.05, 3.63) is 64.7 Å². The maximum absolute atomic E-state index is 12.9. The summed E-state index contributed by atoms with van der Waals surface area (Å²) >= 11 is 0. The van der Waals surface area contributed by atoms with Crippen molar-refractivity contribution < 1.29 is 18.3 Å². The first-order valence-corrected chi connectivity index (χ1v) is 10.4. The number of rotatable bonds is 9. The van der Waals surface area contributed by atoms with Gasteiger partial charge >= 0.3 is 7.60 Å². The van der Waals surface area contributed by atoms with Crippen LogP contribution in [-0.2, 0) is 20.2 Å². The molecule has 0 radical (unpaired) electrons. The van der Waals surface area contributed by atoms with Crippen LogP contribution in [0.15, 0.2) is 42.5 Å². The SMILES string of the molecule is CCOP(=O)(OCC)[C@@H](N)c1cc(C)c(OCc2ccccc2)c(C)c1. The van der Waals surface area contributed by atoms with Crippen molar-refractivity contribution >= 4 is 7.60 Å². The molecule has 26 heavy (non-hydrogen) atoms. The summed E-state index contributed by atoms with van der Waals surface area (Å²) < 4.78 is 29.7. The highest BCUT2D eigenvalue weighted by atomic mass is 31.2. The minimum Gasteiger partial charge on any atom is -0.488 e. The molecule has 0 aliphatic rings. The molecule has 0 fully saturated rings. The lowest BCUT2D eigenvalue weighted by molar-refractivity contribution is 0.212. The van der Waals surface area contributed by atoms with E-state index in [1.165, 1.54) is 0 Å². The smallest absolute Gasteiger partial charge is 0.351 e. The van der Waals surface area contributed by atoms with Crippen molar-refractivity contribution in [2.45, 2.75) is 40.1 Å². The highest BCUT2D eigenvalue weighted by Gasteiger charge is 2.34. The number of hydrogen-bond acceptors (Lipinski definition) is 5. The lowest BCUT2D eigenvalue weighted by Crippen LogP contribution is -2.15. The van der Waals surface area contributed by atoms with Gasteiger partial charge in [-0.15, -0.1) is 0 Å². The number of hydrogen-bond donors (Lipinski definition) is 1. The lowest BCUT2D eigenvalue weighted by Gasteiger charge is -2.24. The zero-order valence-electron chi connectivity index (χ0n) is 15.9. The van der Waals surface area contributed by atoms with Crippen LogP contribution in [-0.4, -0.2) is 13.2 Å². The van der Waals surface area contributed by atoms with E-state index in [0.717, 1.165) is 28.0 Å². The lowest BCUT2D eigenvalue weighted by atomic mass is 10.1. The summed E-state index contributed by atoms with van der Waals surface area (Å²) in [6, 6.07) is 13.8. The van der Waals surface area contributed by atoms with Gasteiger partial charge in [-0.2, -0.15) is 0 Å². The normalized spacial score (nSPS) is 12.8. The van der Waals surface area contributed by atoms with Crippen LogP contribution in [0, 0.1) is 13.8 Å². The summed E-state index contributed by atoms with van der Waals surface area (Å²) in [6.45, 7) is 8.50. The second-order valence-electron chi connectivity index (χ2n) is 6.08. The van der Waals surface area contributed by atoms with Gasteiger partial charge in [-0.05, 0) is 49.9 Å². The Morgan fingerprint density at radius 2 is 1.54 bits per heavy atom. The molecule has 6 heteroatoms. The van der Waals surface area contributed by atoms with E-state index in [4.69, 9.17) is 19.5 Å². The summed E-state index contributed by atoms with van der Waals surface area (Å²) in [5, 5.41) is 0. The Morgan fingerprint density at radius 1 is 1.00 bits per heavy atom. The summed E-state index contributed by atoms with van der Waals surface area (Å²) in [5.41, 5.74) is 9.94. The van der Waals surface area contributed by atoms with Gasteiger partial charge in [0.05, 0.1) is 13.2 Å². The van der Waals surface area contributed by atoms with Crippen LogP contribution in [0.3, 0.4) is 0 Å². The fraction of sp³-hybridized carbons (Fsp3) is 0.400. The predicted molar refractivity (Wildman–Crippen MR) is 104 cm³/mol. The number of aryl methyl sites for hydroxylation is 2. The molecule has 5 nitrogen and oxygen atoms in total. The number of benzene rings is 2. The van der Waals surface area contributed by atoms with Crippen LogP contribution in [0.5, 0.6) is 5.75 Å². The molecule has 2 aromatic rings. The quantitative estimate of drug-likeness (QED) is 0.615. The van der Waals surface area contributed by atoms with Crippen LogP contribution in [0.2, 0.25) is 0 Å². The maximum atomic E-state index is 12.9. The van der Waals surface area contributed by atoms with E-state index >= 15 is 0 Å². The van der Waals surface area contributed by atoms with Gasteiger partial charge in [-0.3, -0.25) is 4.57 Å². The molecule has 0 heterocycles. The zero-order valence-corrected chi connectivity index (χ0v) is 16.8. The summed E-state index contributed by atoms with van der Waals surface area (Å²) in [6.07, 6.45) is 0. The Hall–Kier alpha value is -1.65. The first kappa shape index (κ1) is 20.7. The second kappa shape index (κ2) is 9.33. The van der Waals surface area contributed by atoms with Crippen LogP contribution < -0.4 is 10.5 Å². The van der Waals surface area contributed by atoms with Gasteiger partial charge in [-0.25, -0.2) is 0 Å². The Morgan fingerprint density at radius 3 is 2.04 bits per heavy atom. The summed E-state index contributed by atoms with van der Waals surface area (Å²) in [7, 11) is -3.41.